The zero-order chi connectivity index (χ0) is 13.6. The zero-order valence-corrected chi connectivity index (χ0v) is 9.05. The van der Waals surface area contributed by atoms with Gasteiger partial charge in [-0.3, -0.25) is 0 Å². The zero-order valence-electron chi connectivity index (χ0n) is 9.05. The summed E-state index contributed by atoms with van der Waals surface area (Å²) in [7, 11) is 0. The summed E-state index contributed by atoms with van der Waals surface area (Å²) in [6.45, 7) is 1.46. The van der Waals surface area contributed by atoms with Crippen LogP contribution in [0.1, 0.15) is 12.5 Å². The second-order valence-corrected chi connectivity index (χ2v) is 3.69. The van der Waals surface area contributed by atoms with Crippen molar-refractivity contribution in [2.24, 2.45) is 0 Å². The van der Waals surface area contributed by atoms with Gasteiger partial charge in [0.2, 0.25) is 0 Å². The van der Waals surface area contributed by atoms with Crippen molar-refractivity contribution in [3.05, 3.63) is 46.5 Å². The summed E-state index contributed by atoms with van der Waals surface area (Å²) < 4.78 is 79.9. The van der Waals surface area contributed by atoms with E-state index in [-0.39, 0.29) is 12.0 Å². The first kappa shape index (κ1) is 12.7. The van der Waals surface area contributed by atoms with Gasteiger partial charge < -0.3 is 0 Å². The molecule has 18 heavy (non-hydrogen) atoms. The minimum absolute atomic E-state index is 0.00124. The lowest BCUT2D eigenvalue weighted by Crippen LogP contribution is -2.04. The first-order valence-electron chi connectivity index (χ1n) is 5.02. The lowest BCUT2D eigenvalue weighted by molar-refractivity contribution is 0.414. The van der Waals surface area contributed by atoms with Gasteiger partial charge in [0, 0.05) is 0 Å². The third-order valence-electron chi connectivity index (χ3n) is 2.69. The lowest BCUT2D eigenvalue weighted by Gasteiger charge is -2.09. The van der Waals surface area contributed by atoms with Gasteiger partial charge in [-0.25, -0.2) is 26.3 Å². The first-order chi connectivity index (χ1) is 8.40. The Hall–Kier alpha value is -1.72. The highest BCUT2D eigenvalue weighted by molar-refractivity contribution is 5.86. The number of hydrogen-bond acceptors (Lipinski definition) is 0. The fraction of sp³-hybridized carbons (Fsp3) is 0.167. The van der Waals surface area contributed by atoms with Crippen LogP contribution < -0.4 is 0 Å². The molecule has 0 saturated carbocycles. The molecule has 2 aromatic carbocycles. The van der Waals surface area contributed by atoms with Crippen molar-refractivity contribution in [2.45, 2.75) is 13.3 Å². The maximum atomic E-state index is 13.7. The molecule has 6 heteroatoms. The van der Waals surface area contributed by atoms with Crippen LogP contribution in [0, 0.1) is 34.9 Å². The number of fused-ring (bicyclic) bond motifs is 1. The van der Waals surface area contributed by atoms with Gasteiger partial charge in [0.15, 0.2) is 23.3 Å². The van der Waals surface area contributed by atoms with Crippen LogP contribution in [0.15, 0.2) is 6.07 Å². The molecule has 0 nitrogen and oxygen atoms in total. The largest absolute Gasteiger partial charge is 0.206 e. The summed E-state index contributed by atoms with van der Waals surface area (Å²) in [6.07, 6.45) is -0.00124. The molecule has 0 bridgehead atoms. The van der Waals surface area contributed by atoms with Crippen molar-refractivity contribution < 1.29 is 26.3 Å². The number of aryl methyl sites for hydroxylation is 1. The van der Waals surface area contributed by atoms with E-state index in [0.717, 1.165) is 0 Å². The van der Waals surface area contributed by atoms with Gasteiger partial charge in [0.1, 0.15) is 11.6 Å². The van der Waals surface area contributed by atoms with Gasteiger partial charge in [0.05, 0.1) is 10.8 Å². The second kappa shape index (κ2) is 4.19. The summed E-state index contributed by atoms with van der Waals surface area (Å²) in [4.78, 5) is 0. The fourth-order valence-corrected chi connectivity index (χ4v) is 1.77. The summed E-state index contributed by atoms with van der Waals surface area (Å²) in [5.41, 5.74) is -0.246. The number of halogens is 6. The number of rotatable bonds is 1. The SMILES string of the molecule is CCc1cc(F)c2c(F)c(F)c(F)c(F)c2c1F. The molecular weight excluding hydrogens is 258 g/mol. The maximum Gasteiger partial charge on any atom is 0.198 e. The summed E-state index contributed by atoms with van der Waals surface area (Å²) in [5, 5.41) is -2.43. The number of hydrogen-bond donors (Lipinski definition) is 0. The molecule has 0 heterocycles. The monoisotopic (exact) mass is 264 g/mol. The average Bonchev–Trinajstić information content (AvgIpc) is 2.35. The Balaban J connectivity index is 3.11. The predicted octanol–water partition coefficient (Wildman–Crippen LogP) is 4.24. The highest BCUT2D eigenvalue weighted by atomic mass is 19.2. The molecule has 0 amide bonds. The van der Waals surface area contributed by atoms with Gasteiger partial charge in [-0.05, 0) is 18.1 Å². The molecule has 0 atom stereocenters. The topological polar surface area (TPSA) is 0 Å². The molecule has 0 saturated heterocycles. The van der Waals surface area contributed by atoms with Crippen LogP contribution in [-0.2, 0) is 6.42 Å². The van der Waals surface area contributed by atoms with E-state index in [0.29, 0.717) is 6.07 Å². The van der Waals surface area contributed by atoms with Gasteiger partial charge in [-0.1, -0.05) is 6.92 Å². The van der Waals surface area contributed by atoms with E-state index in [4.69, 9.17) is 0 Å². The standard InChI is InChI=1S/C12H6F6/c1-2-4-3-5(13)6-7(8(4)14)10(16)12(18)11(17)9(6)15/h3H,2H2,1H3. The Morgan fingerprint density at radius 3 is 1.72 bits per heavy atom. The smallest absolute Gasteiger partial charge is 0.198 e. The molecule has 0 fully saturated rings. The molecule has 0 aliphatic heterocycles. The van der Waals surface area contributed by atoms with E-state index < -0.39 is 45.7 Å². The van der Waals surface area contributed by atoms with Crippen molar-refractivity contribution >= 4 is 10.8 Å². The molecule has 0 radical (unpaired) electrons. The molecule has 0 N–H and O–H groups in total. The van der Waals surface area contributed by atoms with E-state index in [1.807, 2.05) is 0 Å². The van der Waals surface area contributed by atoms with Gasteiger partial charge >= 0.3 is 0 Å². The van der Waals surface area contributed by atoms with Crippen LogP contribution in [0.25, 0.3) is 10.8 Å². The predicted molar refractivity (Wildman–Crippen MR) is 53.1 cm³/mol. The third kappa shape index (κ3) is 1.55. The molecule has 2 rings (SSSR count). The molecular formula is C12H6F6. The summed E-state index contributed by atoms with van der Waals surface area (Å²) >= 11 is 0. The molecule has 0 aliphatic carbocycles. The van der Waals surface area contributed by atoms with E-state index in [9.17, 15) is 26.3 Å². The van der Waals surface area contributed by atoms with Crippen LogP contribution in [0.2, 0.25) is 0 Å². The molecule has 2 aromatic rings. The van der Waals surface area contributed by atoms with Crippen LogP contribution in [0.4, 0.5) is 26.3 Å². The lowest BCUT2D eigenvalue weighted by atomic mass is 10.0. The van der Waals surface area contributed by atoms with Crippen molar-refractivity contribution in [1.82, 2.24) is 0 Å². The van der Waals surface area contributed by atoms with Gasteiger partial charge in [0.25, 0.3) is 0 Å². The Bertz CT molecular complexity index is 647. The summed E-state index contributed by atoms with van der Waals surface area (Å²) in [6, 6.07) is 0.636. The van der Waals surface area contributed by atoms with Crippen molar-refractivity contribution in [2.75, 3.05) is 0 Å². The van der Waals surface area contributed by atoms with E-state index in [2.05, 4.69) is 0 Å². The normalized spacial score (nSPS) is 11.3. The van der Waals surface area contributed by atoms with Gasteiger partial charge in [-0.2, -0.15) is 0 Å². The Labute approximate surface area is 97.8 Å². The minimum Gasteiger partial charge on any atom is -0.206 e. The highest BCUT2D eigenvalue weighted by Crippen LogP contribution is 2.32. The van der Waals surface area contributed by atoms with Crippen molar-refractivity contribution in [3.8, 4) is 0 Å². The quantitative estimate of drug-likeness (QED) is 0.410. The van der Waals surface area contributed by atoms with E-state index >= 15 is 0 Å². The molecule has 0 unspecified atom stereocenters. The second-order valence-electron chi connectivity index (χ2n) is 3.69. The Kier molecular flexibility index (Phi) is 2.96. The van der Waals surface area contributed by atoms with Crippen molar-refractivity contribution in [1.29, 1.82) is 0 Å². The van der Waals surface area contributed by atoms with Crippen LogP contribution in [-0.4, -0.2) is 0 Å². The maximum absolute atomic E-state index is 13.7. The van der Waals surface area contributed by atoms with E-state index in [1.54, 1.807) is 0 Å². The van der Waals surface area contributed by atoms with Crippen LogP contribution >= 0.6 is 0 Å². The Morgan fingerprint density at radius 1 is 0.722 bits per heavy atom. The molecule has 96 valence electrons. The highest BCUT2D eigenvalue weighted by Gasteiger charge is 2.26. The fourth-order valence-electron chi connectivity index (χ4n) is 1.77. The van der Waals surface area contributed by atoms with E-state index in [1.165, 1.54) is 6.92 Å². The Morgan fingerprint density at radius 2 is 1.22 bits per heavy atom. The first-order valence-corrected chi connectivity index (χ1v) is 5.02. The molecule has 0 aliphatic rings. The van der Waals surface area contributed by atoms with Crippen LogP contribution in [0.5, 0.6) is 0 Å². The summed E-state index contributed by atoms with van der Waals surface area (Å²) in [5.74, 6) is -10.8. The van der Waals surface area contributed by atoms with Gasteiger partial charge in [-0.15, -0.1) is 0 Å². The number of benzene rings is 2. The van der Waals surface area contributed by atoms with Crippen molar-refractivity contribution in [3.63, 3.8) is 0 Å². The average molecular weight is 264 g/mol. The third-order valence-corrected chi connectivity index (χ3v) is 2.69. The minimum atomic E-state index is -2.16. The van der Waals surface area contributed by atoms with Crippen LogP contribution in [0.3, 0.4) is 0 Å². The molecule has 0 aromatic heterocycles. The molecule has 0 spiro atoms.